The van der Waals surface area contributed by atoms with E-state index in [2.05, 4.69) is 5.32 Å². The summed E-state index contributed by atoms with van der Waals surface area (Å²) in [7, 11) is 1.32. The molecule has 19 heavy (non-hydrogen) atoms. The number of nitrogen functional groups attached to an aromatic ring is 1. The number of carbonyl (C=O) groups is 2. The Hall–Kier alpha value is -2.24. The maximum Gasteiger partial charge on any atom is 0.340 e. The van der Waals surface area contributed by atoms with Gasteiger partial charge in [-0.25, -0.2) is 4.79 Å². The van der Waals surface area contributed by atoms with Crippen LogP contribution < -0.4 is 16.0 Å². The first kappa shape index (κ1) is 13.2. The third-order valence-corrected chi connectivity index (χ3v) is 3.05. The molecule has 6 heteroatoms. The summed E-state index contributed by atoms with van der Waals surface area (Å²) in [6.07, 6.45) is 0.806. The Bertz CT molecular complexity index is 502. The van der Waals surface area contributed by atoms with Gasteiger partial charge in [0.1, 0.15) is 0 Å². The van der Waals surface area contributed by atoms with Crippen LogP contribution in [0.25, 0.3) is 0 Å². The summed E-state index contributed by atoms with van der Waals surface area (Å²) in [5, 5.41) is 2.79. The molecule has 1 fully saturated rings. The number of nitrogens with zero attached hydrogens (tertiary/aromatic N) is 1. The van der Waals surface area contributed by atoms with Crippen molar-refractivity contribution in [1.29, 1.82) is 0 Å². The predicted octanol–water partition coefficient (Wildman–Crippen LogP) is 0.382. The molecule has 1 aliphatic heterocycles. The number of methoxy groups -OCH3 is 1. The Morgan fingerprint density at radius 3 is 3.00 bits per heavy atom. The quantitative estimate of drug-likeness (QED) is 0.595. The Kier molecular flexibility index (Phi) is 3.89. The Labute approximate surface area is 111 Å². The van der Waals surface area contributed by atoms with Crippen molar-refractivity contribution in [3.63, 3.8) is 0 Å². The van der Waals surface area contributed by atoms with Crippen LogP contribution in [0.3, 0.4) is 0 Å². The minimum absolute atomic E-state index is 0.0726. The normalized spacial score (nSPS) is 15.6. The second kappa shape index (κ2) is 5.60. The van der Waals surface area contributed by atoms with Crippen molar-refractivity contribution in [2.24, 2.45) is 0 Å². The number of hydrogen-bond acceptors (Lipinski definition) is 5. The fraction of sp³-hybridized carbons (Fsp3) is 0.385. The third-order valence-electron chi connectivity index (χ3n) is 3.05. The molecule has 0 atom stereocenters. The number of ether oxygens (including phenoxy) is 1. The van der Waals surface area contributed by atoms with Gasteiger partial charge < -0.3 is 20.7 Å². The van der Waals surface area contributed by atoms with Gasteiger partial charge in [0.2, 0.25) is 5.91 Å². The smallest absolute Gasteiger partial charge is 0.340 e. The minimum atomic E-state index is -0.452. The highest BCUT2D eigenvalue weighted by atomic mass is 16.5. The fourth-order valence-electron chi connectivity index (χ4n) is 2.19. The number of carbonyl (C=O) groups excluding carboxylic acids is 2. The average molecular weight is 263 g/mol. The zero-order valence-electron chi connectivity index (χ0n) is 10.8. The molecule has 1 heterocycles. The average Bonchev–Trinajstić information content (AvgIpc) is 2.62. The number of amides is 1. The molecular formula is C13H17N3O3. The molecule has 6 nitrogen and oxygen atoms in total. The molecule has 3 N–H and O–H groups in total. The lowest BCUT2D eigenvalue weighted by Gasteiger charge is -2.25. The van der Waals surface area contributed by atoms with Gasteiger partial charge in [0.05, 0.1) is 30.6 Å². The molecule has 1 aliphatic rings. The van der Waals surface area contributed by atoms with Crippen LogP contribution in [0.1, 0.15) is 16.8 Å². The van der Waals surface area contributed by atoms with Crippen LogP contribution in [0, 0.1) is 0 Å². The summed E-state index contributed by atoms with van der Waals surface area (Å²) < 4.78 is 4.76. The first-order chi connectivity index (χ1) is 9.13. The molecule has 0 unspecified atom stereocenters. The van der Waals surface area contributed by atoms with Crippen molar-refractivity contribution in [3.8, 4) is 0 Å². The van der Waals surface area contributed by atoms with E-state index < -0.39 is 5.97 Å². The lowest BCUT2D eigenvalue weighted by molar-refractivity contribution is -0.119. The molecule has 0 saturated carbocycles. The van der Waals surface area contributed by atoms with Gasteiger partial charge in [0.25, 0.3) is 0 Å². The van der Waals surface area contributed by atoms with E-state index in [1.807, 2.05) is 4.90 Å². The van der Waals surface area contributed by atoms with Crippen molar-refractivity contribution < 1.29 is 14.3 Å². The third kappa shape index (κ3) is 2.78. The van der Waals surface area contributed by atoms with E-state index in [0.717, 1.165) is 6.42 Å². The van der Waals surface area contributed by atoms with Crippen molar-refractivity contribution in [2.75, 3.05) is 37.4 Å². The van der Waals surface area contributed by atoms with Gasteiger partial charge in [-0.15, -0.1) is 0 Å². The molecule has 2 rings (SSSR count). The van der Waals surface area contributed by atoms with Gasteiger partial charge >= 0.3 is 5.97 Å². The molecule has 1 saturated heterocycles. The van der Waals surface area contributed by atoms with Gasteiger partial charge in [-0.3, -0.25) is 4.79 Å². The molecule has 0 aromatic heterocycles. The summed E-state index contributed by atoms with van der Waals surface area (Å²) >= 11 is 0. The van der Waals surface area contributed by atoms with Crippen LogP contribution in [-0.2, 0) is 9.53 Å². The Balaban J connectivity index is 2.41. The van der Waals surface area contributed by atoms with Gasteiger partial charge in [-0.1, -0.05) is 6.07 Å². The zero-order valence-corrected chi connectivity index (χ0v) is 10.8. The number of hydrogen-bond donors (Lipinski definition) is 2. The maximum absolute atomic E-state index is 11.8. The standard InChI is InChI=1S/C13H17N3O3/c1-19-13(18)9-4-2-5-10(14)12(9)16-7-3-6-15-11(17)8-16/h2,4-5H,3,6-8,14H2,1H3,(H,15,17). The van der Waals surface area contributed by atoms with E-state index in [1.54, 1.807) is 18.2 Å². The predicted molar refractivity (Wildman–Crippen MR) is 72.0 cm³/mol. The zero-order chi connectivity index (χ0) is 13.8. The van der Waals surface area contributed by atoms with Gasteiger partial charge in [0, 0.05) is 13.1 Å². The molecule has 1 aromatic rings. The number of anilines is 2. The topological polar surface area (TPSA) is 84.7 Å². The summed E-state index contributed by atoms with van der Waals surface area (Å²) in [5.41, 5.74) is 7.39. The van der Waals surface area contributed by atoms with E-state index >= 15 is 0 Å². The van der Waals surface area contributed by atoms with Gasteiger partial charge in [0.15, 0.2) is 0 Å². The molecule has 1 amide bonds. The van der Waals surface area contributed by atoms with E-state index in [9.17, 15) is 9.59 Å². The molecule has 0 aliphatic carbocycles. The first-order valence-electron chi connectivity index (χ1n) is 6.12. The van der Waals surface area contributed by atoms with Crippen LogP contribution >= 0.6 is 0 Å². The Morgan fingerprint density at radius 1 is 1.47 bits per heavy atom. The van der Waals surface area contributed by atoms with Crippen molar-refractivity contribution in [2.45, 2.75) is 6.42 Å². The van der Waals surface area contributed by atoms with Crippen LogP contribution in [0.4, 0.5) is 11.4 Å². The maximum atomic E-state index is 11.8. The number of esters is 1. The summed E-state index contributed by atoms with van der Waals surface area (Å²) in [5.74, 6) is -0.525. The number of nitrogens with one attached hydrogen (secondary N) is 1. The largest absolute Gasteiger partial charge is 0.465 e. The summed E-state index contributed by atoms with van der Waals surface area (Å²) in [4.78, 5) is 25.2. The highest BCUT2D eigenvalue weighted by molar-refractivity contribution is 6.00. The second-order valence-corrected chi connectivity index (χ2v) is 4.36. The molecule has 0 radical (unpaired) electrons. The van der Waals surface area contributed by atoms with Gasteiger partial charge in [-0.05, 0) is 18.6 Å². The van der Waals surface area contributed by atoms with E-state index in [1.165, 1.54) is 7.11 Å². The van der Waals surface area contributed by atoms with E-state index in [-0.39, 0.29) is 12.5 Å². The van der Waals surface area contributed by atoms with Gasteiger partial charge in [-0.2, -0.15) is 0 Å². The highest BCUT2D eigenvalue weighted by Crippen LogP contribution is 2.29. The lowest BCUT2D eigenvalue weighted by atomic mass is 10.1. The molecule has 1 aromatic carbocycles. The molecule has 0 spiro atoms. The monoisotopic (exact) mass is 263 g/mol. The fourth-order valence-corrected chi connectivity index (χ4v) is 2.19. The summed E-state index contributed by atoms with van der Waals surface area (Å²) in [6.45, 7) is 1.49. The van der Waals surface area contributed by atoms with E-state index in [0.29, 0.717) is 30.0 Å². The number of para-hydroxylation sites is 1. The lowest BCUT2D eigenvalue weighted by Crippen LogP contribution is -2.34. The summed E-state index contributed by atoms with van der Waals surface area (Å²) in [6, 6.07) is 5.06. The number of nitrogens with two attached hydrogens (primary N) is 1. The van der Waals surface area contributed by atoms with Crippen LogP contribution in [0.5, 0.6) is 0 Å². The molecule has 0 bridgehead atoms. The van der Waals surface area contributed by atoms with Crippen LogP contribution in [0.2, 0.25) is 0 Å². The second-order valence-electron chi connectivity index (χ2n) is 4.36. The van der Waals surface area contributed by atoms with Crippen molar-refractivity contribution >= 4 is 23.3 Å². The Morgan fingerprint density at radius 2 is 2.26 bits per heavy atom. The van der Waals surface area contributed by atoms with Crippen molar-refractivity contribution in [1.82, 2.24) is 5.32 Å². The number of benzene rings is 1. The van der Waals surface area contributed by atoms with Crippen LogP contribution in [-0.4, -0.2) is 38.6 Å². The first-order valence-corrected chi connectivity index (χ1v) is 6.12. The minimum Gasteiger partial charge on any atom is -0.465 e. The van der Waals surface area contributed by atoms with Crippen molar-refractivity contribution in [3.05, 3.63) is 23.8 Å². The number of rotatable bonds is 2. The van der Waals surface area contributed by atoms with E-state index in [4.69, 9.17) is 10.5 Å². The SMILES string of the molecule is COC(=O)c1cccc(N)c1N1CCCNC(=O)C1. The molecular weight excluding hydrogens is 246 g/mol. The molecule has 102 valence electrons. The van der Waals surface area contributed by atoms with Crippen LogP contribution in [0.15, 0.2) is 18.2 Å². The highest BCUT2D eigenvalue weighted by Gasteiger charge is 2.22.